The molecule has 0 radical (unpaired) electrons. The number of hydrogen-bond acceptors (Lipinski definition) is 5. The smallest absolute Gasteiger partial charge is 0.325 e. The highest BCUT2D eigenvalue weighted by molar-refractivity contribution is 6.10. The van der Waals surface area contributed by atoms with E-state index >= 15 is 0 Å². The van der Waals surface area contributed by atoms with Crippen molar-refractivity contribution < 1.29 is 19.3 Å². The summed E-state index contributed by atoms with van der Waals surface area (Å²) in [5.41, 5.74) is -0.637. The van der Waals surface area contributed by atoms with Gasteiger partial charge in [0.05, 0.1) is 4.92 Å². The molecule has 1 saturated heterocycles. The van der Waals surface area contributed by atoms with Gasteiger partial charge in [-0.05, 0) is 30.9 Å². The first-order valence-corrected chi connectivity index (χ1v) is 8.52. The first-order valence-electron chi connectivity index (χ1n) is 8.52. The largest absolute Gasteiger partial charge is 0.325 e. The van der Waals surface area contributed by atoms with Crippen LogP contribution in [0.5, 0.6) is 0 Å². The fourth-order valence-corrected chi connectivity index (χ4v) is 3.65. The van der Waals surface area contributed by atoms with Crippen molar-refractivity contribution in [1.29, 1.82) is 0 Å². The Kier molecular flexibility index (Phi) is 4.62. The van der Waals surface area contributed by atoms with Gasteiger partial charge in [0.1, 0.15) is 12.1 Å². The highest BCUT2D eigenvalue weighted by Crippen LogP contribution is 2.38. The predicted octanol–water partition coefficient (Wildman–Crippen LogP) is 2.03. The minimum Gasteiger partial charge on any atom is -0.325 e. The second-order valence-corrected chi connectivity index (χ2v) is 6.79. The first kappa shape index (κ1) is 17.8. The van der Waals surface area contributed by atoms with Crippen LogP contribution in [0.2, 0.25) is 0 Å². The third kappa shape index (κ3) is 3.12. The maximum atomic E-state index is 12.8. The van der Waals surface area contributed by atoms with E-state index in [0.717, 1.165) is 24.2 Å². The number of carbonyl (C=O) groups excluding carboxylic acids is 3. The van der Waals surface area contributed by atoms with Crippen molar-refractivity contribution in [3.8, 4) is 0 Å². The molecule has 1 spiro atoms. The molecule has 1 heterocycles. The zero-order valence-electron chi connectivity index (χ0n) is 14.4. The lowest BCUT2D eigenvalue weighted by Gasteiger charge is -2.36. The number of urea groups is 1. The van der Waals surface area contributed by atoms with Crippen LogP contribution in [0, 0.1) is 16.0 Å². The summed E-state index contributed by atoms with van der Waals surface area (Å²) in [6, 6.07) is 4.77. The Morgan fingerprint density at radius 3 is 2.65 bits per heavy atom. The van der Waals surface area contributed by atoms with Crippen molar-refractivity contribution >= 4 is 29.2 Å². The number of nitro benzene ring substituents is 1. The van der Waals surface area contributed by atoms with Crippen molar-refractivity contribution in [2.45, 2.75) is 38.1 Å². The number of non-ortho nitro benzene ring substituents is 1. The highest BCUT2D eigenvalue weighted by Gasteiger charge is 2.55. The monoisotopic (exact) mass is 360 g/mol. The van der Waals surface area contributed by atoms with Gasteiger partial charge in [0.2, 0.25) is 5.91 Å². The van der Waals surface area contributed by atoms with Crippen molar-refractivity contribution in [1.82, 2.24) is 10.2 Å². The van der Waals surface area contributed by atoms with Crippen LogP contribution in [0.15, 0.2) is 24.3 Å². The molecular formula is C17H20N4O5. The predicted molar refractivity (Wildman–Crippen MR) is 92.3 cm³/mol. The number of nitro groups is 1. The summed E-state index contributed by atoms with van der Waals surface area (Å²) >= 11 is 0. The Morgan fingerprint density at radius 2 is 2.04 bits per heavy atom. The molecule has 138 valence electrons. The van der Waals surface area contributed by atoms with Gasteiger partial charge < -0.3 is 10.6 Å². The van der Waals surface area contributed by atoms with Crippen molar-refractivity contribution in [3.63, 3.8) is 0 Å². The summed E-state index contributed by atoms with van der Waals surface area (Å²) in [6.45, 7) is 1.55. The fraction of sp³-hybridized carbons (Fsp3) is 0.471. The van der Waals surface area contributed by atoms with Gasteiger partial charge in [-0.3, -0.25) is 24.6 Å². The van der Waals surface area contributed by atoms with Crippen LogP contribution in [0.25, 0.3) is 0 Å². The number of amides is 4. The second-order valence-electron chi connectivity index (χ2n) is 6.79. The van der Waals surface area contributed by atoms with E-state index in [-0.39, 0.29) is 17.5 Å². The molecule has 1 aliphatic heterocycles. The van der Waals surface area contributed by atoms with Gasteiger partial charge >= 0.3 is 6.03 Å². The van der Waals surface area contributed by atoms with Gasteiger partial charge in [0, 0.05) is 17.8 Å². The number of anilines is 1. The molecule has 4 amide bonds. The van der Waals surface area contributed by atoms with Crippen LogP contribution in [-0.4, -0.2) is 39.8 Å². The molecule has 2 aliphatic rings. The van der Waals surface area contributed by atoms with Crippen LogP contribution in [-0.2, 0) is 9.59 Å². The average Bonchev–Trinajstić information content (AvgIpc) is 2.83. The topological polar surface area (TPSA) is 122 Å². The number of rotatable bonds is 4. The number of carbonyl (C=O) groups is 3. The van der Waals surface area contributed by atoms with Gasteiger partial charge in [-0.2, -0.15) is 0 Å². The van der Waals surface area contributed by atoms with E-state index in [1.165, 1.54) is 24.3 Å². The molecule has 1 aromatic carbocycles. The minimum absolute atomic E-state index is 0.0235. The number of nitrogens with one attached hydrogen (secondary N) is 2. The summed E-state index contributed by atoms with van der Waals surface area (Å²) in [4.78, 5) is 48.3. The van der Waals surface area contributed by atoms with Crippen molar-refractivity contribution in [3.05, 3.63) is 34.4 Å². The van der Waals surface area contributed by atoms with E-state index in [9.17, 15) is 24.5 Å². The summed E-state index contributed by atoms with van der Waals surface area (Å²) in [5.74, 6) is -0.869. The summed E-state index contributed by atoms with van der Waals surface area (Å²) in [7, 11) is 0. The molecule has 0 unspecified atom stereocenters. The fourth-order valence-electron chi connectivity index (χ4n) is 3.65. The molecule has 2 N–H and O–H groups in total. The number of imide groups is 1. The Balaban J connectivity index is 1.66. The van der Waals surface area contributed by atoms with E-state index < -0.39 is 28.9 Å². The SMILES string of the molecule is C[C@H]1CCCC[C@]12NC(=O)N(CC(=O)Nc1ccc([N+](=O)[O-])cc1)C2=O. The van der Waals surface area contributed by atoms with E-state index in [4.69, 9.17) is 0 Å². The maximum Gasteiger partial charge on any atom is 0.325 e. The first-order chi connectivity index (χ1) is 12.3. The summed E-state index contributed by atoms with van der Waals surface area (Å²) < 4.78 is 0. The molecule has 2 atom stereocenters. The molecule has 9 nitrogen and oxygen atoms in total. The van der Waals surface area contributed by atoms with Crippen LogP contribution < -0.4 is 10.6 Å². The Morgan fingerprint density at radius 1 is 1.35 bits per heavy atom. The van der Waals surface area contributed by atoms with Gasteiger partial charge in [-0.1, -0.05) is 19.8 Å². The molecule has 1 aromatic rings. The molecule has 0 aromatic heterocycles. The van der Waals surface area contributed by atoms with Gasteiger partial charge in [0.25, 0.3) is 11.6 Å². The van der Waals surface area contributed by atoms with E-state index in [0.29, 0.717) is 12.1 Å². The Bertz CT molecular complexity index is 763. The van der Waals surface area contributed by atoms with Crippen LogP contribution in [0.1, 0.15) is 32.6 Å². The Hall–Kier alpha value is -2.97. The second kappa shape index (κ2) is 6.74. The minimum atomic E-state index is -0.900. The van der Waals surface area contributed by atoms with E-state index in [1.54, 1.807) is 0 Å². The quantitative estimate of drug-likeness (QED) is 0.483. The molecule has 0 bridgehead atoms. The van der Waals surface area contributed by atoms with Crippen molar-refractivity contribution in [2.24, 2.45) is 5.92 Å². The molecule has 1 saturated carbocycles. The molecule has 1 aliphatic carbocycles. The highest BCUT2D eigenvalue weighted by atomic mass is 16.6. The van der Waals surface area contributed by atoms with Crippen LogP contribution in [0.4, 0.5) is 16.2 Å². The lowest BCUT2D eigenvalue weighted by Crippen LogP contribution is -2.54. The zero-order valence-corrected chi connectivity index (χ0v) is 14.4. The van der Waals surface area contributed by atoms with Gasteiger partial charge in [-0.15, -0.1) is 0 Å². The third-order valence-electron chi connectivity index (χ3n) is 5.17. The van der Waals surface area contributed by atoms with Crippen LogP contribution >= 0.6 is 0 Å². The van der Waals surface area contributed by atoms with Crippen molar-refractivity contribution in [2.75, 3.05) is 11.9 Å². The van der Waals surface area contributed by atoms with Gasteiger partial charge in [-0.25, -0.2) is 4.79 Å². The molecule has 2 fully saturated rings. The van der Waals surface area contributed by atoms with Gasteiger partial charge in [0.15, 0.2) is 0 Å². The molecule has 3 rings (SSSR count). The lowest BCUT2D eigenvalue weighted by molar-refractivity contribution is -0.384. The van der Waals surface area contributed by atoms with Crippen LogP contribution in [0.3, 0.4) is 0 Å². The maximum absolute atomic E-state index is 12.8. The molecule has 9 heteroatoms. The normalized spacial score (nSPS) is 25.3. The summed E-state index contributed by atoms with van der Waals surface area (Å²) in [6.07, 6.45) is 3.32. The Labute approximate surface area is 149 Å². The number of hydrogen-bond donors (Lipinski definition) is 2. The summed E-state index contributed by atoms with van der Waals surface area (Å²) in [5, 5.41) is 16.0. The molecule has 26 heavy (non-hydrogen) atoms. The third-order valence-corrected chi connectivity index (χ3v) is 5.17. The van der Waals surface area contributed by atoms with E-state index in [2.05, 4.69) is 10.6 Å². The standard InChI is InChI=1S/C17H20N4O5/c1-11-4-2-3-9-17(11)15(23)20(16(24)19-17)10-14(22)18-12-5-7-13(8-6-12)21(25)26/h5-8,11H,2-4,9-10H2,1H3,(H,18,22)(H,19,24)/t11-,17-/m0/s1. The number of benzene rings is 1. The van der Waals surface area contributed by atoms with E-state index in [1.807, 2.05) is 6.92 Å². The number of nitrogens with zero attached hydrogens (tertiary/aromatic N) is 2. The zero-order chi connectivity index (χ0) is 18.9. The molecular weight excluding hydrogens is 340 g/mol. The average molecular weight is 360 g/mol. The lowest BCUT2D eigenvalue weighted by atomic mass is 9.73.